The van der Waals surface area contributed by atoms with Gasteiger partial charge in [-0.2, -0.15) is 0 Å². The van der Waals surface area contributed by atoms with E-state index in [2.05, 4.69) is 17.0 Å². The second-order valence-corrected chi connectivity index (χ2v) is 8.81. The fourth-order valence-corrected chi connectivity index (χ4v) is 3.92. The number of rotatable bonds is 7. The van der Waals surface area contributed by atoms with Gasteiger partial charge in [-0.1, -0.05) is 37.3 Å². The number of benzene rings is 1. The van der Waals surface area contributed by atoms with Crippen molar-refractivity contribution in [3.05, 3.63) is 53.8 Å². The predicted molar refractivity (Wildman–Crippen MR) is 101 cm³/mol. The topological polar surface area (TPSA) is 88.4 Å². The number of amides is 1. The molecule has 0 spiro atoms. The highest BCUT2D eigenvalue weighted by Gasteiger charge is 2.26. The van der Waals surface area contributed by atoms with E-state index in [9.17, 15) is 13.2 Å². The Kier molecular flexibility index (Phi) is 6.26. The highest BCUT2D eigenvalue weighted by atomic mass is 32.2. The van der Waals surface area contributed by atoms with Crippen molar-refractivity contribution in [3.8, 4) is 0 Å². The maximum Gasteiger partial charge on any atom is 0.287 e. The molecule has 26 heavy (non-hydrogen) atoms. The monoisotopic (exact) mass is 378 g/mol. The number of hydrogen-bond donors (Lipinski definition) is 2. The van der Waals surface area contributed by atoms with Crippen LogP contribution in [0.1, 0.15) is 56.2 Å². The standard InChI is InChI=1S/C19H26N2O4S/c1-5-14(15-9-7-6-8-10-15)13-20-18(22)16-11-12-17(25-16)26(23,24)21-19(2,3)4/h6-12,14,21H,5,13H2,1-4H3,(H,20,22). The average molecular weight is 378 g/mol. The summed E-state index contributed by atoms with van der Waals surface area (Å²) < 4.78 is 32.2. The van der Waals surface area contributed by atoms with Crippen LogP contribution < -0.4 is 10.0 Å². The predicted octanol–water partition coefficient (Wildman–Crippen LogP) is 3.28. The molecule has 2 N–H and O–H groups in total. The van der Waals surface area contributed by atoms with Gasteiger partial charge in [0.25, 0.3) is 15.9 Å². The van der Waals surface area contributed by atoms with Crippen LogP contribution in [0.3, 0.4) is 0 Å². The molecule has 0 aliphatic carbocycles. The van der Waals surface area contributed by atoms with Crippen LogP contribution in [-0.4, -0.2) is 26.4 Å². The zero-order chi connectivity index (χ0) is 19.4. The molecule has 0 bridgehead atoms. The summed E-state index contributed by atoms with van der Waals surface area (Å²) in [6.45, 7) is 7.70. The fraction of sp³-hybridized carbons (Fsp3) is 0.421. The van der Waals surface area contributed by atoms with Gasteiger partial charge in [0.2, 0.25) is 5.09 Å². The van der Waals surface area contributed by atoms with Crippen LogP contribution in [0.4, 0.5) is 0 Å². The lowest BCUT2D eigenvalue weighted by molar-refractivity contribution is 0.0918. The Morgan fingerprint density at radius 2 is 1.77 bits per heavy atom. The molecule has 1 amide bonds. The molecule has 1 aromatic carbocycles. The van der Waals surface area contributed by atoms with Gasteiger partial charge in [0.05, 0.1) is 0 Å². The van der Waals surface area contributed by atoms with Gasteiger partial charge in [-0.3, -0.25) is 4.79 Å². The molecule has 142 valence electrons. The Morgan fingerprint density at radius 3 is 2.35 bits per heavy atom. The first-order valence-corrected chi connectivity index (χ1v) is 10.1. The van der Waals surface area contributed by atoms with E-state index < -0.39 is 21.5 Å². The number of carbonyl (C=O) groups excluding carboxylic acids is 1. The van der Waals surface area contributed by atoms with Crippen molar-refractivity contribution >= 4 is 15.9 Å². The largest absolute Gasteiger partial charge is 0.438 e. The number of nitrogens with one attached hydrogen (secondary N) is 2. The minimum absolute atomic E-state index is 0.0257. The molecule has 0 radical (unpaired) electrons. The smallest absolute Gasteiger partial charge is 0.287 e. The van der Waals surface area contributed by atoms with Crippen molar-refractivity contribution in [2.75, 3.05) is 6.54 Å². The Hall–Kier alpha value is -2.12. The lowest BCUT2D eigenvalue weighted by atomic mass is 9.96. The zero-order valence-corrected chi connectivity index (χ0v) is 16.4. The second-order valence-electron chi connectivity index (χ2n) is 7.20. The third-order valence-corrected chi connectivity index (χ3v) is 5.41. The van der Waals surface area contributed by atoms with Crippen LogP contribution in [0.15, 0.2) is 52.0 Å². The summed E-state index contributed by atoms with van der Waals surface area (Å²) in [5.41, 5.74) is 0.505. The molecule has 1 aromatic heterocycles. The molecule has 0 aliphatic heterocycles. The van der Waals surface area contributed by atoms with Gasteiger partial charge in [0.1, 0.15) is 0 Å². The first-order chi connectivity index (χ1) is 12.1. The van der Waals surface area contributed by atoms with Crippen molar-refractivity contribution in [2.45, 2.75) is 50.7 Å². The van der Waals surface area contributed by atoms with E-state index in [0.717, 1.165) is 12.0 Å². The Balaban J connectivity index is 2.04. The van der Waals surface area contributed by atoms with Gasteiger partial charge < -0.3 is 9.73 Å². The summed E-state index contributed by atoms with van der Waals surface area (Å²) in [5.74, 6) is -0.278. The highest BCUT2D eigenvalue weighted by Crippen LogP contribution is 2.19. The normalized spacial score (nSPS) is 13.4. The van der Waals surface area contributed by atoms with Crippen molar-refractivity contribution in [3.63, 3.8) is 0 Å². The van der Waals surface area contributed by atoms with Crippen LogP contribution >= 0.6 is 0 Å². The summed E-state index contributed by atoms with van der Waals surface area (Å²) in [4.78, 5) is 12.3. The van der Waals surface area contributed by atoms with Gasteiger partial charge in [-0.15, -0.1) is 0 Å². The highest BCUT2D eigenvalue weighted by molar-refractivity contribution is 7.89. The van der Waals surface area contributed by atoms with E-state index >= 15 is 0 Å². The number of sulfonamides is 1. The van der Waals surface area contributed by atoms with E-state index in [1.54, 1.807) is 20.8 Å². The SMILES string of the molecule is CCC(CNC(=O)c1ccc(S(=O)(=O)NC(C)(C)C)o1)c1ccccc1. The molecule has 1 unspecified atom stereocenters. The van der Waals surface area contributed by atoms with E-state index in [1.165, 1.54) is 12.1 Å². The summed E-state index contributed by atoms with van der Waals surface area (Å²) in [7, 11) is -3.81. The number of hydrogen-bond acceptors (Lipinski definition) is 4. The molecule has 1 heterocycles. The van der Waals surface area contributed by atoms with E-state index in [0.29, 0.717) is 6.54 Å². The van der Waals surface area contributed by atoms with Crippen molar-refractivity contribution in [1.29, 1.82) is 0 Å². The first-order valence-electron chi connectivity index (χ1n) is 8.59. The number of furan rings is 1. The van der Waals surface area contributed by atoms with Gasteiger partial charge in [-0.05, 0) is 44.9 Å². The quantitative estimate of drug-likeness (QED) is 0.774. The van der Waals surface area contributed by atoms with E-state index in [4.69, 9.17) is 4.42 Å². The van der Waals surface area contributed by atoms with Crippen LogP contribution in [0.25, 0.3) is 0 Å². The van der Waals surface area contributed by atoms with Crippen molar-refractivity contribution in [2.24, 2.45) is 0 Å². The molecule has 0 saturated heterocycles. The molecule has 6 nitrogen and oxygen atoms in total. The Morgan fingerprint density at radius 1 is 1.12 bits per heavy atom. The first kappa shape index (κ1) is 20.2. The van der Waals surface area contributed by atoms with Gasteiger partial charge in [0.15, 0.2) is 5.76 Å². The Bertz CT molecular complexity index is 836. The van der Waals surface area contributed by atoms with Gasteiger partial charge in [-0.25, -0.2) is 13.1 Å². The van der Waals surface area contributed by atoms with Crippen molar-refractivity contribution < 1.29 is 17.6 Å². The summed E-state index contributed by atoms with van der Waals surface area (Å²) in [6.07, 6.45) is 0.873. The maximum atomic E-state index is 12.3. The molecule has 0 aliphatic rings. The van der Waals surface area contributed by atoms with Crippen LogP contribution in [0.2, 0.25) is 0 Å². The second kappa shape index (κ2) is 8.05. The fourth-order valence-electron chi connectivity index (χ4n) is 2.57. The van der Waals surface area contributed by atoms with Crippen LogP contribution in [0.5, 0.6) is 0 Å². The lowest BCUT2D eigenvalue weighted by Gasteiger charge is -2.19. The van der Waals surface area contributed by atoms with Crippen LogP contribution in [-0.2, 0) is 10.0 Å². The van der Waals surface area contributed by atoms with Gasteiger partial charge in [0, 0.05) is 18.0 Å². The Labute approximate surface area is 155 Å². The molecule has 0 saturated carbocycles. The minimum Gasteiger partial charge on any atom is -0.438 e. The van der Waals surface area contributed by atoms with Gasteiger partial charge >= 0.3 is 0 Å². The lowest BCUT2D eigenvalue weighted by Crippen LogP contribution is -2.40. The third-order valence-electron chi connectivity index (χ3n) is 3.78. The minimum atomic E-state index is -3.81. The van der Waals surface area contributed by atoms with E-state index in [1.807, 2.05) is 30.3 Å². The average Bonchev–Trinajstić information content (AvgIpc) is 3.05. The molecule has 2 rings (SSSR count). The van der Waals surface area contributed by atoms with E-state index in [-0.39, 0.29) is 16.8 Å². The summed E-state index contributed by atoms with van der Waals surface area (Å²) in [6, 6.07) is 12.6. The van der Waals surface area contributed by atoms with Crippen molar-refractivity contribution in [1.82, 2.24) is 10.0 Å². The third kappa shape index (κ3) is 5.44. The molecule has 2 aromatic rings. The number of carbonyl (C=O) groups is 1. The molecule has 7 heteroatoms. The summed E-state index contributed by atoms with van der Waals surface area (Å²) in [5, 5.41) is 2.54. The zero-order valence-electron chi connectivity index (χ0n) is 15.6. The summed E-state index contributed by atoms with van der Waals surface area (Å²) >= 11 is 0. The molecule has 1 atom stereocenters. The maximum absolute atomic E-state index is 12.3. The molecular formula is C19H26N2O4S. The molecule has 0 fully saturated rings. The molecular weight excluding hydrogens is 352 g/mol. The van der Waals surface area contributed by atoms with Crippen LogP contribution in [0, 0.1) is 0 Å².